The molecule has 1 aliphatic rings. The lowest BCUT2D eigenvalue weighted by molar-refractivity contribution is -0.0470. The van der Waals surface area contributed by atoms with Crippen LogP contribution in [0.25, 0.3) is 16.9 Å². The number of benzene rings is 1. The molecule has 1 fully saturated rings. The number of anilines is 1. The standard InChI is InChI=1S/C35H61N5O6Si3/c1-33(2,3)47(11,12)43-21-25-27(45-48(13,14)34(4,5)6)28(46-49(15,16)35(7,8)9)31(44-25)39-22-37-26-29(39)38-32(36)40(30(26)41)23-17-19-24(42-10)20-18-23/h17-20,22,25,27-28,31H,21H2,1-16H3,(H2,36,38)/t25-,27-,28-,31-/m1/s1. The van der Waals surface area contributed by atoms with Crippen LogP contribution in [0.1, 0.15) is 68.5 Å². The molecule has 2 N–H and O–H groups in total. The average molecular weight is 732 g/mol. The fourth-order valence-electron chi connectivity index (χ4n) is 5.03. The molecule has 0 radical (unpaired) electrons. The number of nitrogen functional groups attached to an aromatic ring is 1. The molecular weight excluding hydrogens is 671 g/mol. The quantitative estimate of drug-likeness (QED) is 0.208. The summed E-state index contributed by atoms with van der Waals surface area (Å²) >= 11 is 0. The number of aromatic nitrogens is 4. The van der Waals surface area contributed by atoms with E-state index in [2.05, 4.69) is 107 Å². The summed E-state index contributed by atoms with van der Waals surface area (Å²) in [6.45, 7) is 33.9. The van der Waals surface area contributed by atoms with Gasteiger partial charge in [0.15, 0.2) is 42.3 Å². The minimum Gasteiger partial charge on any atom is -0.497 e. The molecule has 14 heteroatoms. The number of methoxy groups -OCH3 is 1. The van der Waals surface area contributed by atoms with Crippen molar-refractivity contribution in [2.24, 2.45) is 0 Å². The second-order valence-corrected chi connectivity index (χ2v) is 32.3. The van der Waals surface area contributed by atoms with Crippen LogP contribution in [-0.4, -0.2) is 76.1 Å². The van der Waals surface area contributed by atoms with E-state index in [4.69, 9.17) is 33.5 Å². The molecule has 49 heavy (non-hydrogen) atoms. The summed E-state index contributed by atoms with van der Waals surface area (Å²) in [6, 6.07) is 7.07. The minimum absolute atomic E-state index is 0.0175. The van der Waals surface area contributed by atoms with Crippen molar-refractivity contribution in [2.75, 3.05) is 19.5 Å². The third-order valence-electron chi connectivity index (χ3n) is 11.4. The highest BCUT2D eigenvalue weighted by Crippen LogP contribution is 2.47. The van der Waals surface area contributed by atoms with E-state index >= 15 is 0 Å². The third-order valence-corrected chi connectivity index (χ3v) is 24.8. The number of nitrogens with zero attached hydrogens (tertiary/aromatic N) is 4. The topological polar surface area (TPSA) is 125 Å². The number of hydrogen-bond donors (Lipinski definition) is 1. The van der Waals surface area contributed by atoms with E-state index in [1.807, 2.05) is 0 Å². The van der Waals surface area contributed by atoms with E-state index in [0.717, 1.165) is 0 Å². The zero-order valence-electron chi connectivity index (χ0n) is 32.7. The molecular formula is C35H61N5O6Si3. The summed E-state index contributed by atoms with van der Waals surface area (Å²) in [5.41, 5.74) is 7.21. The fraction of sp³-hybridized carbons (Fsp3) is 0.686. The van der Waals surface area contributed by atoms with Gasteiger partial charge in [-0.3, -0.25) is 9.36 Å². The Balaban J connectivity index is 1.88. The number of imidazole rings is 1. The second kappa shape index (κ2) is 13.3. The van der Waals surface area contributed by atoms with Crippen molar-refractivity contribution in [3.05, 3.63) is 40.9 Å². The van der Waals surface area contributed by atoms with Crippen molar-refractivity contribution < 1.29 is 22.8 Å². The van der Waals surface area contributed by atoms with Gasteiger partial charge >= 0.3 is 0 Å². The van der Waals surface area contributed by atoms with E-state index in [0.29, 0.717) is 23.7 Å². The summed E-state index contributed by atoms with van der Waals surface area (Å²) in [7, 11) is -5.28. The monoisotopic (exact) mass is 731 g/mol. The Morgan fingerprint density at radius 3 is 1.82 bits per heavy atom. The second-order valence-electron chi connectivity index (χ2n) is 18.0. The lowest BCUT2D eigenvalue weighted by Gasteiger charge is -2.44. The Bertz CT molecular complexity index is 1680. The number of rotatable bonds is 10. The fourth-order valence-corrected chi connectivity index (χ4v) is 8.64. The SMILES string of the molecule is COc1ccc(-n2c(N)nc3c(ncn3[C@@H]3O[C@H](CO[Si](C)(C)C(C)(C)C)[C@@H](O[Si](C)(C)C(C)(C)C)[C@H]3O[Si](C)(C)C(C)(C)C)c2=O)cc1. The Morgan fingerprint density at radius 2 is 1.33 bits per heavy atom. The van der Waals surface area contributed by atoms with Crippen molar-refractivity contribution in [1.82, 2.24) is 19.1 Å². The van der Waals surface area contributed by atoms with Gasteiger partial charge in [0.25, 0.3) is 5.56 Å². The van der Waals surface area contributed by atoms with Gasteiger partial charge in [0, 0.05) is 0 Å². The molecule has 11 nitrogen and oxygen atoms in total. The lowest BCUT2D eigenvalue weighted by Crippen LogP contribution is -2.54. The maximum absolute atomic E-state index is 13.9. The zero-order valence-corrected chi connectivity index (χ0v) is 35.7. The Kier molecular flexibility index (Phi) is 10.7. The molecule has 0 saturated carbocycles. The molecule has 0 amide bonds. The van der Waals surface area contributed by atoms with Gasteiger partial charge in [0.05, 0.1) is 25.7 Å². The van der Waals surface area contributed by atoms with Gasteiger partial charge in [0.2, 0.25) is 5.95 Å². The third kappa shape index (κ3) is 7.80. The minimum atomic E-state index is -2.39. The molecule has 4 rings (SSSR count). The summed E-state index contributed by atoms with van der Waals surface area (Å²) < 4.78 is 36.8. The number of ether oxygens (including phenoxy) is 2. The van der Waals surface area contributed by atoms with E-state index in [1.165, 1.54) is 4.57 Å². The van der Waals surface area contributed by atoms with Crippen molar-refractivity contribution >= 4 is 42.1 Å². The normalized spacial score (nSPS) is 21.5. The smallest absolute Gasteiger partial charge is 0.287 e. The molecule has 0 aliphatic carbocycles. The Labute approximate surface area is 296 Å². The summed E-state index contributed by atoms with van der Waals surface area (Å²) in [6.07, 6.45) is -0.460. The van der Waals surface area contributed by atoms with E-state index in [1.54, 1.807) is 42.3 Å². The van der Waals surface area contributed by atoms with Crippen molar-refractivity contribution in [3.63, 3.8) is 0 Å². The van der Waals surface area contributed by atoms with Crippen molar-refractivity contribution in [3.8, 4) is 11.4 Å². The molecule has 0 spiro atoms. The van der Waals surface area contributed by atoms with Gasteiger partial charge in [-0.1, -0.05) is 62.3 Å². The maximum Gasteiger partial charge on any atom is 0.287 e. The predicted molar refractivity (Wildman–Crippen MR) is 205 cm³/mol. The molecule has 1 saturated heterocycles. The van der Waals surface area contributed by atoms with Gasteiger partial charge < -0.3 is 28.5 Å². The van der Waals surface area contributed by atoms with Crippen LogP contribution < -0.4 is 16.0 Å². The number of hydrogen-bond acceptors (Lipinski definition) is 9. The van der Waals surface area contributed by atoms with Crippen LogP contribution in [-0.2, 0) is 18.0 Å². The first-order valence-corrected chi connectivity index (χ1v) is 26.0. The lowest BCUT2D eigenvalue weighted by atomic mass is 10.1. The van der Waals surface area contributed by atoms with Crippen molar-refractivity contribution in [1.29, 1.82) is 0 Å². The highest BCUT2D eigenvalue weighted by atomic mass is 28.4. The Morgan fingerprint density at radius 1 is 0.816 bits per heavy atom. The highest BCUT2D eigenvalue weighted by Gasteiger charge is 2.55. The van der Waals surface area contributed by atoms with E-state index in [-0.39, 0.29) is 32.1 Å². The largest absolute Gasteiger partial charge is 0.497 e. The molecule has 1 aliphatic heterocycles. The van der Waals surface area contributed by atoms with Gasteiger partial charge in [-0.2, -0.15) is 4.98 Å². The van der Waals surface area contributed by atoms with Crippen LogP contribution >= 0.6 is 0 Å². The van der Waals surface area contributed by atoms with Gasteiger partial charge in [-0.05, 0) is 78.7 Å². The molecule has 3 aromatic rings. The summed E-state index contributed by atoms with van der Waals surface area (Å²) in [4.78, 5) is 23.3. The highest BCUT2D eigenvalue weighted by molar-refractivity contribution is 6.75. The zero-order chi connectivity index (χ0) is 37.1. The van der Waals surface area contributed by atoms with Gasteiger partial charge in [-0.15, -0.1) is 0 Å². The Hall–Kier alpha value is -2.34. The first kappa shape index (κ1) is 39.4. The molecule has 0 bridgehead atoms. The van der Waals surface area contributed by atoms with Crippen LogP contribution in [0.5, 0.6) is 5.75 Å². The van der Waals surface area contributed by atoms with Crippen LogP contribution in [0, 0.1) is 0 Å². The van der Waals surface area contributed by atoms with Crippen molar-refractivity contribution in [2.45, 2.75) is 141 Å². The molecule has 4 atom stereocenters. The molecule has 274 valence electrons. The predicted octanol–water partition coefficient (Wildman–Crippen LogP) is 7.87. The van der Waals surface area contributed by atoms with Crippen LogP contribution in [0.2, 0.25) is 54.4 Å². The van der Waals surface area contributed by atoms with Crippen LogP contribution in [0.3, 0.4) is 0 Å². The first-order valence-electron chi connectivity index (χ1n) is 17.3. The summed E-state index contributed by atoms with van der Waals surface area (Å²) in [5, 5.41) is -0.119. The van der Waals surface area contributed by atoms with Crippen LogP contribution in [0.4, 0.5) is 5.95 Å². The van der Waals surface area contributed by atoms with Gasteiger partial charge in [-0.25, -0.2) is 9.55 Å². The molecule has 1 aromatic carbocycles. The molecule has 3 heterocycles. The van der Waals surface area contributed by atoms with E-state index in [9.17, 15) is 4.79 Å². The maximum atomic E-state index is 13.9. The number of nitrogens with two attached hydrogens (primary N) is 1. The molecule has 2 aromatic heterocycles. The van der Waals surface area contributed by atoms with Gasteiger partial charge in [0.1, 0.15) is 24.1 Å². The van der Waals surface area contributed by atoms with E-state index < -0.39 is 49.5 Å². The summed E-state index contributed by atoms with van der Waals surface area (Å²) in [5.74, 6) is 0.706. The first-order chi connectivity index (χ1) is 22.2. The number of fused-ring (bicyclic) bond motifs is 1. The average Bonchev–Trinajstić information content (AvgIpc) is 3.51. The molecule has 0 unspecified atom stereocenters. The van der Waals surface area contributed by atoms with Crippen LogP contribution in [0.15, 0.2) is 35.4 Å².